The van der Waals surface area contributed by atoms with Crippen LogP contribution >= 0.6 is 0 Å². The Morgan fingerprint density at radius 2 is 1.29 bits per heavy atom. The van der Waals surface area contributed by atoms with Crippen molar-refractivity contribution in [1.82, 2.24) is 4.90 Å². The second-order valence-electron chi connectivity index (χ2n) is 7.30. The number of hydrogen-bond acceptors (Lipinski definition) is 3. The number of anilines is 2. The summed E-state index contributed by atoms with van der Waals surface area (Å²) < 4.78 is 37.2. The fourth-order valence-corrected chi connectivity index (χ4v) is 3.89. The number of hydrogen-bond donors (Lipinski definition) is 0. The van der Waals surface area contributed by atoms with Crippen LogP contribution in [0.1, 0.15) is 17.5 Å². The van der Waals surface area contributed by atoms with E-state index in [4.69, 9.17) is 0 Å². The zero-order valence-corrected chi connectivity index (χ0v) is 15.5. The Balaban J connectivity index is 1.34. The van der Waals surface area contributed by atoms with E-state index in [-0.39, 0.29) is 0 Å². The smallest absolute Gasteiger partial charge is 0.368 e. The lowest BCUT2D eigenvalue weighted by Gasteiger charge is -2.36. The van der Waals surface area contributed by atoms with Crippen LogP contribution in [0.4, 0.5) is 24.5 Å². The predicted molar refractivity (Wildman–Crippen MR) is 102 cm³/mol. The molecule has 0 aliphatic carbocycles. The fourth-order valence-electron chi connectivity index (χ4n) is 3.89. The van der Waals surface area contributed by atoms with Gasteiger partial charge in [-0.2, -0.15) is 13.2 Å². The van der Waals surface area contributed by atoms with E-state index in [1.54, 1.807) is 0 Å². The van der Waals surface area contributed by atoms with Gasteiger partial charge in [0.25, 0.3) is 0 Å². The van der Waals surface area contributed by atoms with E-state index in [9.17, 15) is 18.0 Å². The molecule has 1 amide bonds. The van der Waals surface area contributed by atoms with E-state index in [0.29, 0.717) is 26.2 Å². The molecular weight excluding hydrogens is 367 g/mol. The molecule has 148 valence electrons. The maximum atomic E-state index is 12.4. The molecule has 0 N–H and O–H groups in total. The van der Waals surface area contributed by atoms with Crippen LogP contribution in [0.15, 0.2) is 48.5 Å². The highest BCUT2D eigenvalue weighted by molar-refractivity contribution is 5.77. The molecule has 2 heterocycles. The monoisotopic (exact) mass is 389 g/mol. The minimum absolute atomic E-state index is 0.318. The first-order valence-electron chi connectivity index (χ1n) is 9.40. The van der Waals surface area contributed by atoms with Crippen molar-refractivity contribution < 1.29 is 18.0 Å². The summed E-state index contributed by atoms with van der Waals surface area (Å²) >= 11 is 0. The van der Waals surface area contributed by atoms with Gasteiger partial charge in [-0.1, -0.05) is 24.3 Å². The Labute approximate surface area is 162 Å². The standard InChI is InChI=1S/C21H22F3N3O/c22-21(23,24)13-20(28)26-11-9-25(10-12-26)18-5-7-19(8-6-18)27-14-16-3-1-2-4-17(16)15-27/h1-8H,9-15H2. The number of alkyl halides is 3. The highest BCUT2D eigenvalue weighted by atomic mass is 19.4. The van der Waals surface area contributed by atoms with E-state index in [1.165, 1.54) is 16.0 Å². The van der Waals surface area contributed by atoms with Gasteiger partial charge in [0, 0.05) is 50.6 Å². The molecule has 4 rings (SSSR count). The van der Waals surface area contributed by atoms with Crippen molar-refractivity contribution >= 4 is 17.3 Å². The third-order valence-corrected chi connectivity index (χ3v) is 5.40. The minimum atomic E-state index is -4.45. The number of piperazine rings is 1. The third kappa shape index (κ3) is 4.08. The molecule has 28 heavy (non-hydrogen) atoms. The number of halogens is 3. The minimum Gasteiger partial charge on any atom is -0.368 e. The van der Waals surface area contributed by atoms with Crippen LogP contribution in [0.3, 0.4) is 0 Å². The molecule has 0 atom stereocenters. The summed E-state index contributed by atoms with van der Waals surface area (Å²) in [5, 5.41) is 0. The van der Waals surface area contributed by atoms with Crippen LogP contribution in [-0.2, 0) is 17.9 Å². The molecule has 1 saturated heterocycles. The average Bonchev–Trinajstić information content (AvgIpc) is 3.11. The zero-order valence-electron chi connectivity index (χ0n) is 15.5. The topological polar surface area (TPSA) is 26.8 Å². The highest BCUT2D eigenvalue weighted by Gasteiger charge is 2.34. The number of rotatable bonds is 3. The van der Waals surface area contributed by atoms with Gasteiger partial charge >= 0.3 is 6.18 Å². The predicted octanol–water partition coefficient (Wildman–Crippen LogP) is 3.81. The summed E-state index contributed by atoms with van der Waals surface area (Å²) in [5.74, 6) is -0.837. The van der Waals surface area contributed by atoms with Crippen molar-refractivity contribution in [2.75, 3.05) is 36.0 Å². The summed E-state index contributed by atoms with van der Waals surface area (Å²) in [6, 6.07) is 16.7. The van der Waals surface area contributed by atoms with E-state index < -0.39 is 18.5 Å². The third-order valence-electron chi connectivity index (χ3n) is 5.40. The maximum Gasteiger partial charge on any atom is 0.397 e. The molecule has 2 aromatic carbocycles. The molecule has 0 aromatic heterocycles. The molecule has 0 bridgehead atoms. The maximum absolute atomic E-state index is 12.4. The normalized spacial score (nSPS) is 17.0. The molecule has 2 aromatic rings. The molecule has 1 fully saturated rings. The number of benzene rings is 2. The van der Waals surface area contributed by atoms with Crippen molar-refractivity contribution in [3.05, 3.63) is 59.7 Å². The van der Waals surface area contributed by atoms with Gasteiger partial charge in [0.1, 0.15) is 6.42 Å². The van der Waals surface area contributed by atoms with Gasteiger partial charge in [-0.15, -0.1) is 0 Å². The number of carbonyl (C=O) groups excluding carboxylic acids is 1. The Hall–Kier alpha value is -2.70. The summed E-state index contributed by atoms with van der Waals surface area (Å²) in [5.41, 5.74) is 4.89. The average molecular weight is 389 g/mol. The molecular formula is C21H22F3N3O. The second kappa shape index (κ2) is 7.37. The Kier molecular flexibility index (Phi) is 4.91. The van der Waals surface area contributed by atoms with Gasteiger partial charge in [-0.25, -0.2) is 0 Å². The Morgan fingerprint density at radius 1 is 0.786 bits per heavy atom. The molecule has 2 aliphatic rings. The van der Waals surface area contributed by atoms with Crippen LogP contribution in [0.5, 0.6) is 0 Å². The van der Waals surface area contributed by atoms with Gasteiger partial charge in [-0.3, -0.25) is 4.79 Å². The summed E-state index contributed by atoms with van der Waals surface area (Å²) in [7, 11) is 0. The first-order valence-corrected chi connectivity index (χ1v) is 9.40. The Morgan fingerprint density at radius 3 is 1.79 bits per heavy atom. The molecule has 2 aliphatic heterocycles. The number of fused-ring (bicyclic) bond motifs is 1. The van der Waals surface area contributed by atoms with Crippen molar-refractivity contribution in [3.8, 4) is 0 Å². The molecule has 0 saturated carbocycles. The van der Waals surface area contributed by atoms with Crippen LogP contribution in [-0.4, -0.2) is 43.2 Å². The van der Waals surface area contributed by atoms with Gasteiger partial charge in [0.15, 0.2) is 0 Å². The lowest BCUT2D eigenvalue weighted by molar-refractivity contribution is -0.161. The van der Waals surface area contributed by atoms with Gasteiger partial charge in [0.05, 0.1) is 0 Å². The lowest BCUT2D eigenvalue weighted by atomic mass is 10.1. The lowest BCUT2D eigenvalue weighted by Crippen LogP contribution is -2.49. The first-order chi connectivity index (χ1) is 13.4. The number of carbonyl (C=O) groups is 1. The molecule has 4 nitrogen and oxygen atoms in total. The summed E-state index contributed by atoms with van der Waals surface area (Å²) in [6.07, 6.45) is -5.82. The molecule has 0 unspecified atom stereocenters. The van der Waals surface area contributed by atoms with Crippen LogP contribution in [0.25, 0.3) is 0 Å². The van der Waals surface area contributed by atoms with E-state index in [1.807, 2.05) is 12.1 Å². The molecule has 7 heteroatoms. The molecule has 0 radical (unpaired) electrons. The summed E-state index contributed by atoms with van der Waals surface area (Å²) in [6.45, 7) is 3.51. The molecule has 0 spiro atoms. The van der Waals surface area contributed by atoms with E-state index >= 15 is 0 Å². The van der Waals surface area contributed by atoms with Gasteiger partial charge < -0.3 is 14.7 Å². The van der Waals surface area contributed by atoms with Crippen LogP contribution in [0.2, 0.25) is 0 Å². The van der Waals surface area contributed by atoms with Crippen molar-refractivity contribution in [2.24, 2.45) is 0 Å². The van der Waals surface area contributed by atoms with Crippen molar-refractivity contribution in [1.29, 1.82) is 0 Å². The van der Waals surface area contributed by atoms with Crippen molar-refractivity contribution in [2.45, 2.75) is 25.7 Å². The van der Waals surface area contributed by atoms with Gasteiger partial charge in [0.2, 0.25) is 5.91 Å². The number of amides is 1. The number of nitrogens with zero attached hydrogens (tertiary/aromatic N) is 3. The van der Waals surface area contributed by atoms with E-state index in [2.05, 4.69) is 46.2 Å². The summed E-state index contributed by atoms with van der Waals surface area (Å²) in [4.78, 5) is 17.5. The quantitative estimate of drug-likeness (QED) is 0.799. The van der Waals surface area contributed by atoms with Gasteiger partial charge in [-0.05, 0) is 35.4 Å². The zero-order chi connectivity index (χ0) is 19.7. The van der Waals surface area contributed by atoms with Crippen molar-refractivity contribution in [3.63, 3.8) is 0 Å². The van der Waals surface area contributed by atoms with Crippen LogP contribution < -0.4 is 9.80 Å². The first kappa shape index (κ1) is 18.7. The second-order valence-corrected chi connectivity index (χ2v) is 7.30. The SMILES string of the molecule is O=C(CC(F)(F)F)N1CCN(c2ccc(N3Cc4ccccc4C3)cc2)CC1. The largest absolute Gasteiger partial charge is 0.397 e. The Bertz CT molecular complexity index is 818. The highest BCUT2D eigenvalue weighted by Crippen LogP contribution is 2.30. The van der Waals surface area contributed by atoms with E-state index in [0.717, 1.165) is 24.5 Å². The fraction of sp³-hybridized carbons (Fsp3) is 0.381. The van der Waals surface area contributed by atoms with Crippen LogP contribution in [0, 0.1) is 0 Å².